The van der Waals surface area contributed by atoms with Gasteiger partial charge < -0.3 is 9.64 Å². The first kappa shape index (κ1) is 16.2. The summed E-state index contributed by atoms with van der Waals surface area (Å²) in [5.41, 5.74) is 0. The average molecular weight is 304 g/mol. The molecule has 6 heteroatoms. The number of methoxy groups -OCH3 is 1. The molecule has 0 aromatic rings. The molecule has 1 saturated carbocycles. The first-order valence-electron chi connectivity index (χ1n) is 7.77. The summed E-state index contributed by atoms with van der Waals surface area (Å²) in [7, 11) is -1.37. The Kier molecular flexibility index (Phi) is 6.26. The fraction of sp³-hybridized carbons (Fsp3) is 1.00. The van der Waals surface area contributed by atoms with Crippen LogP contribution in [0.3, 0.4) is 0 Å². The van der Waals surface area contributed by atoms with Gasteiger partial charge in [0.1, 0.15) is 0 Å². The Labute approximate surface area is 123 Å². The van der Waals surface area contributed by atoms with Crippen molar-refractivity contribution in [3.63, 3.8) is 0 Å². The summed E-state index contributed by atoms with van der Waals surface area (Å²) < 4.78 is 32.0. The Hall–Kier alpha value is -0.170. The Morgan fingerprint density at radius 2 is 1.95 bits per heavy atom. The Balaban J connectivity index is 1.66. The van der Waals surface area contributed by atoms with E-state index in [0.29, 0.717) is 24.1 Å². The van der Waals surface area contributed by atoms with Gasteiger partial charge in [0, 0.05) is 26.7 Å². The maximum atomic E-state index is 12.1. The van der Waals surface area contributed by atoms with E-state index in [-0.39, 0.29) is 0 Å². The summed E-state index contributed by atoms with van der Waals surface area (Å²) in [6.07, 6.45) is 5.62. The van der Waals surface area contributed by atoms with Gasteiger partial charge in [0.2, 0.25) is 10.0 Å². The van der Waals surface area contributed by atoms with Gasteiger partial charge in [-0.25, -0.2) is 13.1 Å². The van der Waals surface area contributed by atoms with Gasteiger partial charge in [-0.3, -0.25) is 0 Å². The van der Waals surface area contributed by atoms with E-state index in [9.17, 15) is 8.42 Å². The molecule has 2 aliphatic rings. The summed E-state index contributed by atoms with van der Waals surface area (Å²) in [5.74, 6) is 1.16. The van der Waals surface area contributed by atoms with E-state index in [1.54, 1.807) is 7.11 Å². The minimum absolute atomic E-state index is 0.326. The zero-order valence-corrected chi connectivity index (χ0v) is 13.3. The van der Waals surface area contributed by atoms with Crippen molar-refractivity contribution in [2.75, 3.05) is 45.6 Å². The normalized spacial score (nSPS) is 25.6. The summed E-state index contributed by atoms with van der Waals surface area (Å²) >= 11 is 0. The lowest BCUT2D eigenvalue weighted by atomic mass is 10.1. The number of ether oxygens (including phenoxy) is 1. The third kappa shape index (κ3) is 5.31. The van der Waals surface area contributed by atoms with E-state index in [2.05, 4.69) is 9.62 Å². The predicted molar refractivity (Wildman–Crippen MR) is 80.2 cm³/mol. The number of nitrogens with zero attached hydrogens (tertiary/aromatic N) is 1. The van der Waals surface area contributed by atoms with Crippen LogP contribution in [0.1, 0.15) is 32.1 Å². The number of hydrogen-bond acceptors (Lipinski definition) is 4. The topological polar surface area (TPSA) is 58.6 Å². The number of nitrogens with one attached hydrogen (secondary N) is 1. The smallest absolute Gasteiger partial charge is 0.211 e. The molecule has 5 nitrogen and oxygen atoms in total. The Bertz CT molecular complexity index is 380. The molecule has 118 valence electrons. The molecule has 0 amide bonds. The van der Waals surface area contributed by atoms with Crippen molar-refractivity contribution in [3.8, 4) is 0 Å². The Morgan fingerprint density at radius 1 is 1.20 bits per heavy atom. The predicted octanol–water partition coefficient (Wildman–Crippen LogP) is 1.06. The number of hydrogen-bond donors (Lipinski definition) is 1. The van der Waals surface area contributed by atoms with Crippen LogP contribution in [0.15, 0.2) is 0 Å². The first-order valence-corrected chi connectivity index (χ1v) is 9.43. The van der Waals surface area contributed by atoms with E-state index >= 15 is 0 Å². The van der Waals surface area contributed by atoms with Crippen LogP contribution in [0.2, 0.25) is 0 Å². The molecule has 1 N–H and O–H groups in total. The molecule has 1 atom stereocenters. The van der Waals surface area contributed by atoms with Gasteiger partial charge in [0.05, 0.1) is 12.4 Å². The lowest BCUT2D eigenvalue weighted by Crippen LogP contribution is -2.34. The van der Waals surface area contributed by atoms with Crippen molar-refractivity contribution in [1.29, 1.82) is 0 Å². The van der Waals surface area contributed by atoms with Crippen molar-refractivity contribution < 1.29 is 13.2 Å². The second-order valence-corrected chi connectivity index (χ2v) is 8.08. The highest BCUT2D eigenvalue weighted by Crippen LogP contribution is 2.25. The van der Waals surface area contributed by atoms with Crippen LogP contribution in [0.4, 0.5) is 0 Å². The number of sulfonamides is 1. The SMILES string of the molecule is COCCN1CCC(CNS(=O)(=O)CC2CCCC2)C1. The van der Waals surface area contributed by atoms with Gasteiger partial charge in [-0.15, -0.1) is 0 Å². The molecule has 0 radical (unpaired) electrons. The van der Waals surface area contributed by atoms with Crippen LogP contribution in [0, 0.1) is 11.8 Å². The highest BCUT2D eigenvalue weighted by molar-refractivity contribution is 7.89. The summed E-state index contributed by atoms with van der Waals surface area (Å²) in [5, 5.41) is 0. The fourth-order valence-electron chi connectivity index (χ4n) is 3.29. The van der Waals surface area contributed by atoms with Crippen LogP contribution in [0.25, 0.3) is 0 Å². The molecule has 2 fully saturated rings. The third-order valence-electron chi connectivity index (χ3n) is 4.50. The largest absolute Gasteiger partial charge is 0.383 e. The standard InChI is InChI=1S/C14H28N2O3S/c1-19-9-8-16-7-6-14(11-16)10-15-20(17,18)12-13-4-2-3-5-13/h13-15H,2-12H2,1H3. The molecule has 1 unspecified atom stereocenters. The molecule has 1 heterocycles. The van der Waals surface area contributed by atoms with Gasteiger partial charge in [0.15, 0.2) is 0 Å². The van der Waals surface area contributed by atoms with Crippen molar-refractivity contribution in [1.82, 2.24) is 9.62 Å². The minimum Gasteiger partial charge on any atom is -0.383 e. The second kappa shape index (κ2) is 7.73. The van der Waals surface area contributed by atoms with Crippen LogP contribution >= 0.6 is 0 Å². The molecule has 1 saturated heterocycles. The minimum atomic E-state index is -3.08. The molecule has 1 aliphatic heterocycles. The van der Waals surface area contributed by atoms with Gasteiger partial charge in [-0.05, 0) is 37.6 Å². The molecular formula is C14H28N2O3S. The molecule has 0 aromatic heterocycles. The van der Waals surface area contributed by atoms with Crippen LogP contribution in [-0.2, 0) is 14.8 Å². The van der Waals surface area contributed by atoms with Gasteiger partial charge >= 0.3 is 0 Å². The monoisotopic (exact) mass is 304 g/mol. The van der Waals surface area contributed by atoms with E-state index < -0.39 is 10.0 Å². The third-order valence-corrected chi connectivity index (χ3v) is 6.02. The zero-order chi connectivity index (χ0) is 14.4. The van der Waals surface area contributed by atoms with Gasteiger partial charge in [0.25, 0.3) is 0 Å². The molecule has 0 spiro atoms. The zero-order valence-electron chi connectivity index (χ0n) is 12.5. The highest BCUT2D eigenvalue weighted by atomic mass is 32.2. The van der Waals surface area contributed by atoms with Gasteiger partial charge in [-0.1, -0.05) is 12.8 Å². The number of rotatable bonds is 8. The highest BCUT2D eigenvalue weighted by Gasteiger charge is 2.26. The lowest BCUT2D eigenvalue weighted by molar-refractivity contribution is 0.159. The second-order valence-electron chi connectivity index (χ2n) is 6.23. The quantitative estimate of drug-likeness (QED) is 0.728. The van der Waals surface area contributed by atoms with Crippen molar-refractivity contribution in [2.24, 2.45) is 11.8 Å². The van der Waals surface area contributed by atoms with E-state index in [0.717, 1.165) is 45.5 Å². The van der Waals surface area contributed by atoms with Gasteiger partial charge in [-0.2, -0.15) is 0 Å². The van der Waals surface area contributed by atoms with Crippen molar-refractivity contribution >= 4 is 10.0 Å². The van der Waals surface area contributed by atoms with Crippen LogP contribution in [0.5, 0.6) is 0 Å². The molecule has 0 aromatic carbocycles. The van der Waals surface area contributed by atoms with Crippen molar-refractivity contribution in [3.05, 3.63) is 0 Å². The molecule has 20 heavy (non-hydrogen) atoms. The molecule has 2 rings (SSSR count). The van der Waals surface area contributed by atoms with E-state index in [1.807, 2.05) is 0 Å². The molecule has 0 bridgehead atoms. The molecular weight excluding hydrogens is 276 g/mol. The Morgan fingerprint density at radius 3 is 2.65 bits per heavy atom. The maximum Gasteiger partial charge on any atom is 0.211 e. The van der Waals surface area contributed by atoms with E-state index in [4.69, 9.17) is 4.74 Å². The summed E-state index contributed by atoms with van der Waals surface area (Å²) in [6, 6.07) is 0. The first-order chi connectivity index (χ1) is 9.59. The van der Waals surface area contributed by atoms with Crippen molar-refractivity contribution in [2.45, 2.75) is 32.1 Å². The summed E-state index contributed by atoms with van der Waals surface area (Å²) in [6.45, 7) is 4.33. The lowest BCUT2D eigenvalue weighted by Gasteiger charge is -2.16. The van der Waals surface area contributed by atoms with Crippen LogP contribution < -0.4 is 4.72 Å². The van der Waals surface area contributed by atoms with Crippen LogP contribution in [-0.4, -0.2) is 59.0 Å². The maximum absolute atomic E-state index is 12.1. The number of likely N-dealkylation sites (tertiary alicyclic amines) is 1. The van der Waals surface area contributed by atoms with E-state index in [1.165, 1.54) is 12.8 Å². The molecule has 1 aliphatic carbocycles. The summed E-state index contributed by atoms with van der Waals surface area (Å²) in [4.78, 5) is 2.35. The average Bonchev–Trinajstić information content (AvgIpc) is 3.05. The fourth-order valence-corrected chi connectivity index (χ4v) is 4.86.